The van der Waals surface area contributed by atoms with Crippen LogP contribution in [-0.4, -0.2) is 21.9 Å². The molecular formula is C14H18N4OS2. The van der Waals surface area contributed by atoms with Crippen LogP contribution in [0.15, 0.2) is 29.2 Å². The number of amides is 1. The van der Waals surface area contributed by atoms with Gasteiger partial charge in [-0.1, -0.05) is 44.2 Å². The molecule has 0 unspecified atom stereocenters. The maximum absolute atomic E-state index is 11.9. The summed E-state index contributed by atoms with van der Waals surface area (Å²) in [5.74, 6) is 0.179. The van der Waals surface area contributed by atoms with Gasteiger partial charge in [0.25, 0.3) is 0 Å². The Morgan fingerprint density at radius 1 is 1.33 bits per heavy atom. The summed E-state index contributed by atoms with van der Waals surface area (Å²) in [7, 11) is 0. The molecule has 0 saturated carbocycles. The molecule has 112 valence electrons. The molecule has 0 aliphatic heterocycles. The number of thioether (sulfide) groups is 1. The van der Waals surface area contributed by atoms with E-state index in [1.165, 1.54) is 23.1 Å². The summed E-state index contributed by atoms with van der Waals surface area (Å²) >= 11 is 2.81. The summed E-state index contributed by atoms with van der Waals surface area (Å²) in [6, 6.07) is 7.49. The van der Waals surface area contributed by atoms with Gasteiger partial charge >= 0.3 is 0 Å². The fourth-order valence-corrected chi connectivity index (χ4v) is 3.07. The highest BCUT2D eigenvalue weighted by molar-refractivity contribution is 8.00. The number of para-hydroxylation sites is 1. The minimum absolute atomic E-state index is 0.0616. The van der Waals surface area contributed by atoms with Crippen LogP contribution in [0, 0.1) is 0 Å². The first-order valence-electron chi connectivity index (χ1n) is 6.47. The highest BCUT2D eigenvalue weighted by Gasteiger charge is 2.20. The number of aromatic nitrogens is 2. The summed E-state index contributed by atoms with van der Waals surface area (Å²) in [6.45, 7) is 6.19. The number of carbonyl (C=O) groups is 1. The van der Waals surface area contributed by atoms with Gasteiger partial charge in [0, 0.05) is 16.0 Å². The molecule has 1 aromatic carbocycles. The molecule has 0 fully saturated rings. The van der Waals surface area contributed by atoms with Crippen molar-refractivity contribution in [1.82, 2.24) is 10.2 Å². The van der Waals surface area contributed by atoms with Gasteiger partial charge in [0.1, 0.15) is 5.01 Å². The molecule has 5 nitrogen and oxygen atoms in total. The Morgan fingerprint density at radius 2 is 2.05 bits per heavy atom. The van der Waals surface area contributed by atoms with E-state index in [0.717, 1.165) is 9.90 Å². The lowest BCUT2D eigenvalue weighted by molar-refractivity contribution is -0.113. The Balaban J connectivity index is 1.90. The average molecular weight is 322 g/mol. The van der Waals surface area contributed by atoms with E-state index in [1.54, 1.807) is 0 Å². The van der Waals surface area contributed by atoms with Crippen LogP contribution in [0.3, 0.4) is 0 Å². The molecule has 0 atom stereocenters. The maximum atomic E-state index is 11.9. The van der Waals surface area contributed by atoms with Gasteiger partial charge in [0.2, 0.25) is 11.0 Å². The van der Waals surface area contributed by atoms with Gasteiger partial charge in [-0.25, -0.2) is 0 Å². The number of rotatable bonds is 4. The molecule has 0 spiro atoms. The second-order valence-corrected chi connectivity index (χ2v) is 7.53. The van der Waals surface area contributed by atoms with E-state index >= 15 is 0 Å². The molecule has 0 aliphatic rings. The van der Waals surface area contributed by atoms with Crippen LogP contribution in [0.4, 0.5) is 10.8 Å². The van der Waals surface area contributed by atoms with Gasteiger partial charge in [-0.2, -0.15) is 0 Å². The largest absolute Gasteiger partial charge is 0.398 e. The minimum atomic E-state index is -0.111. The number of hydrogen-bond donors (Lipinski definition) is 2. The Labute approximate surface area is 132 Å². The van der Waals surface area contributed by atoms with Crippen molar-refractivity contribution in [3.05, 3.63) is 29.3 Å². The zero-order chi connectivity index (χ0) is 15.5. The minimum Gasteiger partial charge on any atom is -0.398 e. The van der Waals surface area contributed by atoms with Crippen molar-refractivity contribution in [1.29, 1.82) is 0 Å². The van der Waals surface area contributed by atoms with Gasteiger partial charge in [0.05, 0.1) is 5.75 Å². The number of anilines is 2. The third kappa shape index (κ3) is 4.44. The van der Waals surface area contributed by atoms with Crippen LogP contribution in [0.5, 0.6) is 0 Å². The first kappa shape index (κ1) is 15.8. The molecule has 0 saturated heterocycles. The molecule has 0 bridgehead atoms. The normalized spacial score (nSPS) is 11.4. The average Bonchev–Trinajstić information content (AvgIpc) is 2.86. The zero-order valence-electron chi connectivity index (χ0n) is 12.2. The zero-order valence-corrected chi connectivity index (χ0v) is 13.8. The monoisotopic (exact) mass is 322 g/mol. The number of carbonyl (C=O) groups excluding carboxylic acids is 1. The fraction of sp³-hybridized carbons (Fsp3) is 0.357. The van der Waals surface area contributed by atoms with Crippen molar-refractivity contribution in [2.24, 2.45) is 0 Å². The van der Waals surface area contributed by atoms with Crippen LogP contribution >= 0.6 is 23.1 Å². The molecule has 1 heterocycles. The Hall–Kier alpha value is -1.60. The Morgan fingerprint density at radius 3 is 2.67 bits per heavy atom. The summed E-state index contributed by atoms with van der Waals surface area (Å²) < 4.78 is 0. The lowest BCUT2D eigenvalue weighted by Gasteiger charge is -2.12. The standard InChI is InChI=1S/C14H18N4OS2/c1-14(2,3)12-17-18-13(21-12)16-11(19)8-20-10-7-5-4-6-9(10)15/h4-7H,8,15H2,1-3H3,(H,16,18,19). The lowest BCUT2D eigenvalue weighted by Crippen LogP contribution is -2.13. The Kier molecular flexibility index (Phi) is 4.84. The first-order chi connectivity index (χ1) is 9.86. The van der Waals surface area contributed by atoms with Crippen molar-refractivity contribution in [3.63, 3.8) is 0 Å². The number of nitrogens with zero attached hydrogens (tertiary/aromatic N) is 2. The topological polar surface area (TPSA) is 80.9 Å². The molecular weight excluding hydrogens is 304 g/mol. The third-order valence-corrected chi connectivity index (χ3v) is 4.94. The molecule has 21 heavy (non-hydrogen) atoms. The number of nitrogen functional groups attached to an aromatic ring is 1. The van der Waals surface area contributed by atoms with Gasteiger partial charge in [-0.05, 0) is 12.1 Å². The smallest absolute Gasteiger partial charge is 0.236 e. The van der Waals surface area contributed by atoms with E-state index in [2.05, 4.69) is 36.3 Å². The van der Waals surface area contributed by atoms with E-state index in [-0.39, 0.29) is 11.3 Å². The molecule has 0 aliphatic carbocycles. The van der Waals surface area contributed by atoms with Gasteiger partial charge in [-0.3, -0.25) is 10.1 Å². The van der Waals surface area contributed by atoms with E-state index < -0.39 is 0 Å². The van der Waals surface area contributed by atoms with Crippen molar-refractivity contribution in [2.45, 2.75) is 31.1 Å². The van der Waals surface area contributed by atoms with Crippen LogP contribution in [0.2, 0.25) is 0 Å². The van der Waals surface area contributed by atoms with E-state index in [1.807, 2.05) is 24.3 Å². The highest BCUT2D eigenvalue weighted by Crippen LogP contribution is 2.28. The first-order valence-corrected chi connectivity index (χ1v) is 8.27. The molecule has 3 N–H and O–H groups in total. The molecule has 7 heteroatoms. The van der Waals surface area contributed by atoms with Crippen molar-refractivity contribution < 1.29 is 4.79 Å². The number of nitrogens with two attached hydrogens (primary N) is 1. The lowest BCUT2D eigenvalue weighted by atomic mass is 9.98. The number of nitrogens with one attached hydrogen (secondary N) is 1. The SMILES string of the molecule is CC(C)(C)c1nnc(NC(=O)CSc2ccccc2N)s1. The second kappa shape index (κ2) is 6.44. The van der Waals surface area contributed by atoms with Crippen molar-refractivity contribution in [3.8, 4) is 0 Å². The molecule has 2 rings (SSSR count). The van der Waals surface area contributed by atoms with Crippen LogP contribution in [-0.2, 0) is 10.2 Å². The highest BCUT2D eigenvalue weighted by atomic mass is 32.2. The Bertz CT molecular complexity index is 634. The molecule has 0 radical (unpaired) electrons. The summed E-state index contributed by atoms with van der Waals surface area (Å²) in [4.78, 5) is 12.8. The molecule has 1 amide bonds. The van der Waals surface area contributed by atoms with Gasteiger partial charge < -0.3 is 5.73 Å². The van der Waals surface area contributed by atoms with Crippen LogP contribution in [0.1, 0.15) is 25.8 Å². The number of benzene rings is 1. The van der Waals surface area contributed by atoms with E-state index in [4.69, 9.17) is 5.73 Å². The molecule has 2 aromatic rings. The predicted molar refractivity (Wildman–Crippen MR) is 88.8 cm³/mol. The summed E-state index contributed by atoms with van der Waals surface area (Å²) in [6.07, 6.45) is 0. The van der Waals surface area contributed by atoms with E-state index in [9.17, 15) is 4.79 Å². The van der Waals surface area contributed by atoms with Crippen molar-refractivity contribution in [2.75, 3.05) is 16.8 Å². The van der Waals surface area contributed by atoms with E-state index in [0.29, 0.717) is 16.6 Å². The third-order valence-electron chi connectivity index (χ3n) is 2.59. The van der Waals surface area contributed by atoms with Gasteiger partial charge in [0.15, 0.2) is 0 Å². The molecule has 1 aromatic heterocycles. The van der Waals surface area contributed by atoms with Crippen LogP contribution in [0.25, 0.3) is 0 Å². The summed E-state index contributed by atoms with van der Waals surface area (Å²) in [5.41, 5.74) is 6.46. The fourth-order valence-electron chi connectivity index (χ4n) is 1.49. The second-order valence-electron chi connectivity index (χ2n) is 5.54. The maximum Gasteiger partial charge on any atom is 0.236 e. The quantitative estimate of drug-likeness (QED) is 0.667. The van der Waals surface area contributed by atoms with Crippen LogP contribution < -0.4 is 11.1 Å². The van der Waals surface area contributed by atoms with Gasteiger partial charge in [-0.15, -0.1) is 22.0 Å². The predicted octanol–water partition coefficient (Wildman–Crippen LogP) is 3.15. The summed E-state index contributed by atoms with van der Waals surface area (Å²) in [5, 5.41) is 12.3. The van der Waals surface area contributed by atoms with Crippen molar-refractivity contribution >= 4 is 39.8 Å². The number of hydrogen-bond acceptors (Lipinski definition) is 6.